The van der Waals surface area contributed by atoms with Crippen LogP contribution in [0.25, 0.3) is 16.7 Å². The van der Waals surface area contributed by atoms with Gasteiger partial charge in [0.1, 0.15) is 5.82 Å². The van der Waals surface area contributed by atoms with Gasteiger partial charge in [-0.1, -0.05) is 57.9 Å². The molecule has 5 heteroatoms. The predicted octanol–water partition coefficient (Wildman–Crippen LogP) is 6.30. The van der Waals surface area contributed by atoms with Crippen molar-refractivity contribution in [3.05, 3.63) is 99.8 Å². The molecule has 0 saturated heterocycles. The van der Waals surface area contributed by atoms with Crippen LogP contribution in [0.2, 0.25) is 0 Å². The molecule has 1 atom stereocenters. The molecule has 0 amide bonds. The quantitative estimate of drug-likeness (QED) is 0.401. The number of allylic oxidation sites excluding steroid dienone is 1. The van der Waals surface area contributed by atoms with Gasteiger partial charge < -0.3 is 5.32 Å². The summed E-state index contributed by atoms with van der Waals surface area (Å²) in [5.41, 5.74) is 5.61. The topological polar surface area (TPSA) is 29.9 Å². The van der Waals surface area contributed by atoms with Gasteiger partial charge in [0.05, 0.1) is 17.1 Å². The molecule has 1 aliphatic heterocycles. The van der Waals surface area contributed by atoms with Crippen molar-refractivity contribution in [1.82, 2.24) is 9.55 Å². The lowest BCUT2D eigenvalue weighted by molar-refractivity contribution is 0.583. The Labute approximate surface area is 170 Å². The van der Waals surface area contributed by atoms with E-state index in [9.17, 15) is 4.39 Å². The van der Waals surface area contributed by atoms with Gasteiger partial charge in [-0.15, -0.1) is 0 Å². The summed E-state index contributed by atoms with van der Waals surface area (Å²) in [6, 6.07) is 21.0. The first-order chi connectivity index (χ1) is 13.6. The van der Waals surface area contributed by atoms with Crippen LogP contribution in [-0.4, -0.2) is 9.55 Å². The van der Waals surface area contributed by atoms with Gasteiger partial charge in [0.25, 0.3) is 0 Å². The molecule has 0 fully saturated rings. The second-order valence-corrected chi connectivity index (χ2v) is 7.89. The number of rotatable bonds is 2. The van der Waals surface area contributed by atoms with Crippen molar-refractivity contribution in [2.24, 2.45) is 0 Å². The number of aryl methyl sites for hydroxylation is 1. The first kappa shape index (κ1) is 17.2. The van der Waals surface area contributed by atoms with Gasteiger partial charge in [-0.2, -0.15) is 0 Å². The average molecular weight is 434 g/mol. The maximum Gasteiger partial charge on any atom is 0.209 e. The largest absolute Gasteiger partial charge is 0.325 e. The number of fused-ring (bicyclic) bond motifs is 3. The van der Waals surface area contributed by atoms with Gasteiger partial charge in [-0.05, 0) is 48.9 Å². The summed E-state index contributed by atoms with van der Waals surface area (Å²) in [4.78, 5) is 4.75. The summed E-state index contributed by atoms with van der Waals surface area (Å²) in [6.45, 7) is 2.06. The van der Waals surface area contributed by atoms with Crippen LogP contribution in [0.15, 0.2) is 77.3 Å². The van der Waals surface area contributed by atoms with E-state index in [0.29, 0.717) is 11.5 Å². The smallest absolute Gasteiger partial charge is 0.209 e. The number of hydrogen-bond acceptors (Lipinski definition) is 2. The highest BCUT2D eigenvalue weighted by atomic mass is 79.9. The fourth-order valence-corrected chi connectivity index (χ4v) is 4.06. The van der Waals surface area contributed by atoms with E-state index in [1.54, 1.807) is 6.07 Å². The highest BCUT2D eigenvalue weighted by Crippen LogP contribution is 2.38. The first-order valence-corrected chi connectivity index (χ1v) is 9.87. The van der Waals surface area contributed by atoms with E-state index < -0.39 is 0 Å². The Morgan fingerprint density at radius 2 is 1.82 bits per heavy atom. The van der Waals surface area contributed by atoms with Crippen molar-refractivity contribution in [2.75, 3.05) is 5.32 Å². The number of nitrogens with zero attached hydrogens (tertiary/aromatic N) is 2. The highest BCUT2D eigenvalue weighted by molar-refractivity contribution is 9.10. The Hall–Kier alpha value is -2.92. The van der Waals surface area contributed by atoms with Crippen molar-refractivity contribution in [1.29, 1.82) is 0 Å². The number of imidazole rings is 1. The summed E-state index contributed by atoms with van der Waals surface area (Å²) >= 11 is 3.48. The average Bonchev–Trinajstić information content (AvgIpc) is 3.08. The molecule has 2 heterocycles. The molecule has 5 rings (SSSR count). The van der Waals surface area contributed by atoms with Crippen molar-refractivity contribution < 1.29 is 4.39 Å². The van der Waals surface area contributed by atoms with Crippen molar-refractivity contribution in [3.63, 3.8) is 0 Å². The van der Waals surface area contributed by atoms with E-state index in [-0.39, 0.29) is 11.9 Å². The SMILES string of the molecule is Cc1ccc(C2=CC(c3cc(Br)ccc3F)n3c(nc4ccccc43)N2)cc1. The molecule has 0 spiro atoms. The molecule has 3 nitrogen and oxygen atoms in total. The van der Waals surface area contributed by atoms with Crippen LogP contribution in [0.3, 0.4) is 0 Å². The fourth-order valence-electron chi connectivity index (χ4n) is 3.68. The monoisotopic (exact) mass is 433 g/mol. The number of para-hydroxylation sites is 2. The Kier molecular flexibility index (Phi) is 4.05. The van der Waals surface area contributed by atoms with Crippen LogP contribution >= 0.6 is 15.9 Å². The molecular weight excluding hydrogens is 417 g/mol. The van der Waals surface area contributed by atoms with E-state index in [1.807, 2.05) is 30.3 Å². The van der Waals surface area contributed by atoms with Crippen molar-refractivity contribution in [3.8, 4) is 0 Å². The van der Waals surface area contributed by atoms with Crippen LogP contribution in [0.5, 0.6) is 0 Å². The number of aromatic nitrogens is 2. The number of anilines is 1. The Balaban J connectivity index is 1.75. The van der Waals surface area contributed by atoms with E-state index in [0.717, 1.165) is 26.8 Å². The molecule has 1 aromatic heterocycles. The van der Waals surface area contributed by atoms with Crippen LogP contribution in [0, 0.1) is 12.7 Å². The molecule has 1 unspecified atom stereocenters. The third kappa shape index (κ3) is 2.83. The van der Waals surface area contributed by atoms with Gasteiger partial charge in [-0.25, -0.2) is 9.37 Å². The molecular formula is C23H17BrFN3. The summed E-state index contributed by atoms with van der Waals surface area (Å²) < 4.78 is 17.7. The second kappa shape index (κ2) is 6.60. The Bertz CT molecular complexity index is 1220. The van der Waals surface area contributed by atoms with Gasteiger partial charge in [0.15, 0.2) is 0 Å². The lowest BCUT2D eigenvalue weighted by atomic mass is 10.00. The zero-order valence-electron chi connectivity index (χ0n) is 15.2. The summed E-state index contributed by atoms with van der Waals surface area (Å²) in [7, 11) is 0. The van der Waals surface area contributed by atoms with Crippen LogP contribution < -0.4 is 5.32 Å². The van der Waals surface area contributed by atoms with Gasteiger partial charge in [0, 0.05) is 15.7 Å². The lowest BCUT2D eigenvalue weighted by Gasteiger charge is -2.27. The molecule has 0 radical (unpaired) electrons. The van der Waals surface area contributed by atoms with Crippen LogP contribution in [0.1, 0.15) is 22.7 Å². The van der Waals surface area contributed by atoms with Crippen molar-refractivity contribution >= 4 is 38.6 Å². The van der Waals surface area contributed by atoms with Crippen molar-refractivity contribution in [2.45, 2.75) is 13.0 Å². The molecule has 1 N–H and O–H groups in total. The summed E-state index contributed by atoms with van der Waals surface area (Å²) in [5, 5.41) is 3.43. The molecule has 28 heavy (non-hydrogen) atoms. The third-order valence-corrected chi connectivity index (χ3v) is 5.58. The molecule has 1 aliphatic rings. The highest BCUT2D eigenvalue weighted by Gasteiger charge is 2.27. The van der Waals surface area contributed by atoms with Crippen LogP contribution in [0.4, 0.5) is 10.3 Å². The predicted molar refractivity (Wildman–Crippen MR) is 115 cm³/mol. The fraction of sp³-hybridized carbons (Fsp3) is 0.0870. The number of halogens is 2. The first-order valence-electron chi connectivity index (χ1n) is 9.08. The third-order valence-electron chi connectivity index (χ3n) is 5.08. The minimum atomic E-state index is -0.308. The second-order valence-electron chi connectivity index (χ2n) is 6.98. The molecule has 0 aliphatic carbocycles. The Morgan fingerprint density at radius 3 is 2.64 bits per heavy atom. The van der Waals surface area contributed by atoms with E-state index in [1.165, 1.54) is 11.6 Å². The molecule has 138 valence electrons. The van der Waals surface area contributed by atoms with E-state index in [2.05, 4.69) is 63.1 Å². The van der Waals surface area contributed by atoms with E-state index >= 15 is 0 Å². The van der Waals surface area contributed by atoms with Gasteiger partial charge in [0.2, 0.25) is 5.95 Å². The summed E-state index contributed by atoms with van der Waals surface area (Å²) in [6.07, 6.45) is 2.07. The molecule has 0 saturated carbocycles. The van der Waals surface area contributed by atoms with Crippen LogP contribution in [-0.2, 0) is 0 Å². The molecule has 0 bridgehead atoms. The summed E-state index contributed by atoms with van der Waals surface area (Å²) in [5.74, 6) is 0.474. The lowest BCUT2D eigenvalue weighted by Crippen LogP contribution is -2.20. The normalized spacial score (nSPS) is 15.8. The standard InChI is InChI=1S/C23H17BrFN3/c1-14-6-8-15(9-7-14)20-13-22(17-12-16(24)10-11-18(17)25)28-21-5-3-2-4-19(21)26-23(28)27-20/h2-13,22H,1H3,(H,26,27). The Morgan fingerprint density at radius 1 is 1.04 bits per heavy atom. The number of benzene rings is 3. The minimum Gasteiger partial charge on any atom is -0.325 e. The molecule has 3 aromatic carbocycles. The zero-order valence-corrected chi connectivity index (χ0v) is 16.7. The maximum absolute atomic E-state index is 14.8. The zero-order chi connectivity index (χ0) is 19.3. The van der Waals surface area contributed by atoms with Gasteiger partial charge in [-0.3, -0.25) is 4.57 Å². The number of hydrogen-bond donors (Lipinski definition) is 1. The molecule has 4 aromatic rings. The van der Waals surface area contributed by atoms with Gasteiger partial charge >= 0.3 is 0 Å². The minimum absolute atomic E-state index is 0.238. The maximum atomic E-state index is 14.8. The number of nitrogens with one attached hydrogen (secondary N) is 1. The van der Waals surface area contributed by atoms with E-state index in [4.69, 9.17) is 4.98 Å².